The summed E-state index contributed by atoms with van der Waals surface area (Å²) < 4.78 is 5.12. The van der Waals surface area contributed by atoms with Gasteiger partial charge in [-0.05, 0) is 36.4 Å². The Bertz CT molecular complexity index is 726. The molecular formula is C16H14N2O5. The lowest BCUT2D eigenvalue weighted by Gasteiger charge is -2.06. The number of hydrazone groups is 1. The highest BCUT2D eigenvalue weighted by Crippen LogP contribution is 2.15. The van der Waals surface area contributed by atoms with Crippen molar-refractivity contribution in [2.75, 3.05) is 6.61 Å². The molecule has 0 atom stereocenters. The fraction of sp³-hybridized carbons (Fsp3) is 0.0625. The summed E-state index contributed by atoms with van der Waals surface area (Å²) in [7, 11) is 0. The van der Waals surface area contributed by atoms with E-state index in [1.807, 2.05) is 0 Å². The molecule has 0 bridgehead atoms. The number of carbonyl (C=O) groups excluding carboxylic acids is 1. The van der Waals surface area contributed by atoms with Gasteiger partial charge in [-0.1, -0.05) is 12.1 Å². The van der Waals surface area contributed by atoms with Crippen molar-refractivity contribution in [2.45, 2.75) is 0 Å². The summed E-state index contributed by atoms with van der Waals surface area (Å²) >= 11 is 0. The zero-order chi connectivity index (χ0) is 16.7. The van der Waals surface area contributed by atoms with Gasteiger partial charge in [-0.15, -0.1) is 0 Å². The Morgan fingerprint density at radius 3 is 2.52 bits per heavy atom. The van der Waals surface area contributed by atoms with Crippen LogP contribution in [0.3, 0.4) is 0 Å². The number of phenols is 1. The minimum Gasteiger partial charge on any atom is -0.508 e. The van der Waals surface area contributed by atoms with Gasteiger partial charge < -0.3 is 14.9 Å². The molecule has 2 aromatic carbocycles. The maximum absolute atomic E-state index is 11.8. The SMILES string of the molecule is O=C(O)COc1ccccc1C=NNC(=O)c1ccc(O)cc1. The Morgan fingerprint density at radius 2 is 1.83 bits per heavy atom. The van der Waals surface area contributed by atoms with Crippen LogP contribution in [-0.4, -0.2) is 34.9 Å². The van der Waals surface area contributed by atoms with E-state index in [9.17, 15) is 9.59 Å². The normalized spacial score (nSPS) is 10.4. The number of benzene rings is 2. The van der Waals surface area contributed by atoms with Crippen molar-refractivity contribution < 1.29 is 24.5 Å². The Balaban J connectivity index is 2.01. The van der Waals surface area contributed by atoms with E-state index in [2.05, 4.69) is 10.5 Å². The predicted molar refractivity (Wildman–Crippen MR) is 82.7 cm³/mol. The van der Waals surface area contributed by atoms with Crippen LogP contribution in [0.4, 0.5) is 0 Å². The average Bonchev–Trinajstić information content (AvgIpc) is 2.54. The largest absolute Gasteiger partial charge is 0.508 e. The second kappa shape index (κ2) is 7.60. The van der Waals surface area contributed by atoms with E-state index in [0.717, 1.165) is 0 Å². The molecular weight excluding hydrogens is 300 g/mol. The second-order valence-electron chi connectivity index (χ2n) is 4.47. The number of rotatable bonds is 6. The Morgan fingerprint density at radius 1 is 1.13 bits per heavy atom. The summed E-state index contributed by atoms with van der Waals surface area (Å²) in [4.78, 5) is 22.4. The van der Waals surface area contributed by atoms with E-state index in [-0.39, 0.29) is 5.75 Å². The molecule has 0 aliphatic heterocycles. The first kappa shape index (κ1) is 16.0. The quantitative estimate of drug-likeness (QED) is 0.554. The van der Waals surface area contributed by atoms with E-state index in [4.69, 9.17) is 14.9 Å². The molecule has 0 saturated heterocycles. The molecule has 0 fully saturated rings. The Kier molecular flexibility index (Phi) is 5.30. The standard InChI is InChI=1S/C16H14N2O5/c19-13-7-5-11(6-8-13)16(22)18-17-9-12-3-1-2-4-14(12)23-10-15(20)21/h1-9,19H,10H2,(H,18,22)(H,20,21). The molecule has 0 heterocycles. The number of nitrogens with zero attached hydrogens (tertiary/aromatic N) is 1. The molecule has 2 aromatic rings. The number of amides is 1. The highest BCUT2D eigenvalue weighted by molar-refractivity contribution is 5.95. The van der Waals surface area contributed by atoms with E-state index in [1.165, 1.54) is 30.5 Å². The van der Waals surface area contributed by atoms with E-state index in [1.54, 1.807) is 24.3 Å². The molecule has 7 heteroatoms. The van der Waals surface area contributed by atoms with Crippen molar-refractivity contribution in [3.05, 3.63) is 59.7 Å². The van der Waals surface area contributed by atoms with Crippen molar-refractivity contribution in [2.24, 2.45) is 5.10 Å². The number of phenolic OH excluding ortho intramolecular Hbond substituents is 1. The highest BCUT2D eigenvalue weighted by Gasteiger charge is 2.05. The summed E-state index contributed by atoms with van der Waals surface area (Å²) in [5.74, 6) is -1.12. The van der Waals surface area contributed by atoms with Crippen molar-refractivity contribution in [1.29, 1.82) is 0 Å². The van der Waals surface area contributed by atoms with Crippen LogP contribution in [0.15, 0.2) is 53.6 Å². The van der Waals surface area contributed by atoms with Crippen LogP contribution in [0.1, 0.15) is 15.9 Å². The number of carboxylic acids is 1. The van der Waals surface area contributed by atoms with Gasteiger partial charge >= 0.3 is 5.97 Å². The number of nitrogens with one attached hydrogen (secondary N) is 1. The van der Waals surface area contributed by atoms with Gasteiger partial charge in [0, 0.05) is 11.1 Å². The molecule has 118 valence electrons. The molecule has 1 amide bonds. The first-order valence-corrected chi connectivity index (χ1v) is 6.62. The number of hydrogen-bond donors (Lipinski definition) is 3. The summed E-state index contributed by atoms with van der Waals surface area (Å²) in [5.41, 5.74) is 3.21. The third-order valence-corrected chi connectivity index (χ3v) is 2.77. The predicted octanol–water partition coefficient (Wildman–Crippen LogP) is 1.62. The molecule has 0 aromatic heterocycles. The summed E-state index contributed by atoms with van der Waals surface area (Å²) in [6.07, 6.45) is 1.36. The van der Waals surface area contributed by atoms with Gasteiger partial charge in [0.05, 0.1) is 6.21 Å². The molecule has 0 saturated carbocycles. The number of carboxylic acid groups (broad SMARTS) is 1. The molecule has 0 radical (unpaired) electrons. The smallest absolute Gasteiger partial charge is 0.341 e. The minimum atomic E-state index is -1.09. The van der Waals surface area contributed by atoms with Crippen LogP contribution in [0.25, 0.3) is 0 Å². The summed E-state index contributed by atoms with van der Waals surface area (Å²) in [6.45, 7) is -0.468. The van der Waals surface area contributed by atoms with Crippen molar-refractivity contribution >= 4 is 18.1 Å². The van der Waals surface area contributed by atoms with Gasteiger partial charge in [0.1, 0.15) is 11.5 Å². The number of para-hydroxylation sites is 1. The topological polar surface area (TPSA) is 108 Å². The maximum Gasteiger partial charge on any atom is 0.341 e. The minimum absolute atomic E-state index is 0.0644. The second-order valence-corrected chi connectivity index (χ2v) is 4.47. The van der Waals surface area contributed by atoms with Crippen LogP contribution in [0, 0.1) is 0 Å². The number of hydrogen-bond acceptors (Lipinski definition) is 5. The van der Waals surface area contributed by atoms with Gasteiger partial charge in [0.2, 0.25) is 0 Å². The molecule has 0 spiro atoms. The first-order valence-electron chi connectivity index (χ1n) is 6.62. The van der Waals surface area contributed by atoms with Crippen LogP contribution in [-0.2, 0) is 4.79 Å². The van der Waals surface area contributed by atoms with Crippen molar-refractivity contribution in [1.82, 2.24) is 5.43 Å². The lowest BCUT2D eigenvalue weighted by Crippen LogP contribution is -2.17. The van der Waals surface area contributed by atoms with Gasteiger partial charge in [-0.3, -0.25) is 4.79 Å². The number of ether oxygens (including phenoxy) is 1. The van der Waals surface area contributed by atoms with Crippen molar-refractivity contribution in [3.63, 3.8) is 0 Å². The molecule has 2 rings (SSSR count). The summed E-state index contributed by atoms with van der Waals surface area (Å²) in [5, 5.41) is 21.6. The molecule has 23 heavy (non-hydrogen) atoms. The van der Waals surface area contributed by atoms with Gasteiger partial charge in [-0.25, -0.2) is 10.2 Å². The molecule has 7 nitrogen and oxygen atoms in total. The fourth-order valence-corrected chi connectivity index (χ4v) is 1.70. The number of aliphatic carboxylic acids is 1. The van der Waals surface area contributed by atoms with Gasteiger partial charge in [0.25, 0.3) is 5.91 Å². The number of aromatic hydroxyl groups is 1. The third kappa shape index (κ3) is 4.85. The van der Waals surface area contributed by atoms with Crippen LogP contribution < -0.4 is 10.2 Å². The van der Waals surface area contributed by atoms with Crippen LogP contribution in [0.5, 0.6) is 11.5 Å². The first-order chi connectivity index (χ1) is 11.1. The van der Waals surface area contributed by atoms with Crippen molar-refractivity contribution in [3.8, 4) is 11.5 Å². The van der Waals surface area contributed by atoms with Gasteiger partial charge in [-0.2, -0.15) is 5.10 Å². The Hall–Kier alpha value is -3.35. The number of carbonyl (C=O) groups is 2. The van der Waals surface area contributed by atoms with Crippen LogP contribution >= 0.6 is 0 Å². The molecule has 0 unspecified atom stereocenters. The highest BCUT2D eigenvalue weighted by atomic mass is 16.5. The summed E-state index contributed by atoms with van der Waals surface area (Å²) in [6, 6.07) is 12.4. The van der Waals surface area contributed by atoms with E-state index < -0.39 is 18.5 Å². The third-order valence-electron chi connectivity index (χ3n) is 2.77. The van der Waals surface area contributed by atoms with E-state index >= 15 is 0 Å². The zero-order valence-corrected chi connectivity index (χ0v) is 12.0. The molecule has 0 aliphatic carbocycles. The Labute approximate surface area is 131 Å². The maximum atomic E-state index is 11.8. The zero-order valence-electron chi connectivity index (χ0n) is 12.0. The van der Waals surface area contributed by atoms with Gasteiger partial charge in [0.15, 0.2) is 6.61 Å². The molecule has 3 N–H and O–H groups in total. The fourth-order valence-electron chi connectivity index (χ4n) is 1.70. The molecule has 0 aliphatic rings. The van der Waals surface area contributed by atoms with Crippen LogP contribution in [0.2, 0.25) is 0 Å². The monoisotopic (exact) mass is 314 g/mol. The lowest BCUT2D eigenvalue weighted by molar-refractivity contribution is -0.139. The van der Waals surface area contributed by atoms with E-state index in [0.29, 0.717) is 16.9 Å². The lowest BCUT2D eigenvalue weighted by atomic mass is 10.2. The average molecular weight is 314 g/mol.